The summed E-state index contributed by atoms with van der Waals surface area (Å²) in [4.78, 5) is 17.3. The highest BCUT2D eigenvalue weighted by Crippen LogP contribution is 2.38. The van der Waals surface area contributed by atoms with Gasteiger partial charge in [-0.1, -0.05) is 55.3 Å². The first-order valence-electron chi connectivity index (χ1n) is 13.1. The number of fused-ring (bicyclic) bond motifs is 1. The van der Waals surface area contributed by atoms with Gasteiger partial charge >= 0.3 is 0 Å². The summed E-state index contributed by atoms with van der Waals surface area (Å²) in [5.74, 6) is 3.45. The van der Waals surface area contributed by atoms with E-state index in [1.807, 2.05) is 30.6 Å². The molecule has 0 amide bonds. The SMILES string of the molecule is COc1ccc(-c2cncc(-c3cc(N4CCCC5CCCCC54)nc(-c4ccccc4)n3)c2)cc1. The Labute approximate surface area is 213 Å². The zero-order valence-electron chi connectivity index (χ0n) is 20.8. The van der Waals surface area contributed by atoms with Crippen molar-refractivity contribution in [2.45, 2.75) is 44.6 Å². The highest BCUT2D eigenvalue weighted by molar-refractivity contribution is 5.73. The summed E-state index contributed by atoms with van der Waals surface area (Å²) in [7, 11) is 1.69. The highest BCUT2D eigenvalue weighted by Gasteiger charge is 2.34. The number of benzene rings is 2. The Morgan fingerprint density at radius 2 is 1.53 bits per heavy atom. The van der Waals surface area contributed by atoms with Gasteiger partial charge in [-0.2, -0.15) is 0 Å². The summed E-state index contributed by atoms with van der Waals surface area (Å²) in [5, 5.41) is 0. The third kappa shape index (κ3) is 4.58. The number of pyridine rings is 1. The molecule has 0 radical (unpaired) electrons. The Morgan fingerprint density at radius 1 is 0.750 bits per heavy atom. The number of piperidine rings is 1. The first-order chi connectivity index (χ1) is 17.8. The molecule has 2 atom stereocenters. The molecule has 1 aliphatic carbocycles. The number of ether oxygens (including phenoxy) is 1. The molecule has 2 unspecified atom stereocenters. The minimum atomic E-state index is 0.586. The van der Waals surface area contributed by atoms with Crippen LogP contribution >= 0.6 is 0 Å². The Hall–Kier alpha value is -3.73. The lowest BCUT2D eigenvalue weighted by molar-refractivity contribution is 0.243. The second kappa shape index (κ2) is 10.1. The molecule has 2 aromatic heterocycles. The van der Waals surface area contributed by atoms with Crippen LogP contribution in [0, 0.1) is 5.92 Å². The van der Waals surface area contributed by atoms with Crippen LogP contribution in [-0.2, 0) is 0 Å². The third-order valence-electron chi connectivity index (χ3n) is 7.74. The molecule has 0 N–H and O–H groups in total. The largest absolute Gasteiger partial charge is 0.497 e. The van der Waals surface area contributed by atoms with E-state index in [4.69, 9.17) is 14.7 Å². The number of hydrogen-bond acceptors (Lipinski definition) is 5. The van der Waals surface area contributed by atoms with Crippen LogP contribution in [0.2, 0.25) is 0 Å². The van der Waals surface area contributed by atoms with Crippen molar-refractivity contribution in [1.29, 1.82) is 0 Å². The first-order valence-corrected chi connectivity index (χ1v) is 13.1. The Balaban J connectivity index is 1.43. The van der Waals surface area contributed by atoms with Crippen LogP contribution in [0.15, 0.2) is 79.1 Å². The normalized spacial score (nSPS) is 19.5. The van der Waals surface area contributed by atoms with Gasteiger partial charge in [-0.15, -0.1) is 0 Å². The Kier molecular flexibility index (Phi) is 6.37. The summed E-state index contributed by atoms with van der Waals surface area (Å²) in [6, 6.07) is 23.4. The summed E-state index contributed by atoms with van der Waals surface area (Å²) in [5.41, 5.74) is 5.11. The van der Waals surface area contributed by atoms with Gasteiger partial charge in [0.1, 0.15) is 11.6 Å². The van der Waals surface area contributed by atoms with Crippen LogP contribution in [0.4, 0.5) is 5.82 Å². The van der Waals surface area contributed by atoms with Crippen molar-refractivity contribution in [1.82, 2.24) is 15.0 Å². The van der Waals surface area contributed by atoms with E-state index < -0.39 is 0 Å². The van der Waals surface area contributed by atoms with Gasteiger partial charge in [-0.3, -0.25) is 4.98 Å². The lowest BCUT2D eigenvalue weighted by Crippen LogP contribution is -2.47. The van der Waals surface area contributed by atoms with Crippen LogP contribution in [0.3, 0.4) is 0 Å². The van der Waals surface area contributed by atoms with Gasteiger partial charge < -0.3 is 9.64 Å². The molecule has 3 heterocycles. The fourth-order valence-electron chi connectivity index (χ4n) is 5.88. The maximum Gasteiger partial charge on any atom is 0.162 e. The average Bonchev–Trinajstić information content (AvgIpc) is 2.97. The minimum Gasteiger partial charge on any atom is -0.497 e. The number of hydrogen-bond donors (Lipinski definition) is 0. The van der Waals surface area contributed by atoms with Crippen LogP contribution in [0.25, 0.3) is 33.8 Å². The summed E-state index contributed by atoms with van der Waals surface area (Å²) >= 11 is 0. The molecule has 6 rings (SSSR count). The van der Waals surface area contributed by atoms with Crippen molar-refractivity contribution in [3.63, 3.8) is 0 Å². The molecule has 2 fully saturated rings. The van der Waals surface area contributed by atoms with Gasteiger partial charge in [0.05, 0.1) is 12.8 Å². The van der Waals surface area contributed by atoms with Crippen molar-refractivity contribution < 1.29 is 4.74 Å². The average molecular weight is 477 g/mol. The molecule has 0 spiro atoms. The number of aromatic nitrogens is 3. The zero-order valence-corrected chi connectivity index (χ0v) is 20.8. The highest BCUT2D eigenvalue weighted by atomic mass is 16.5. The quantitative estimate of drug-likeness (QED) is 0.309. The van der Waals surface area contributed by atoms with E-state index in [1.54, 1.807) is 7.11 Å². The molecular weight excluding hydrogens is 444 g/mol. The van der Waals surface area contributed by atoms with Crippen LogP contribution in [0.5, 0.6) is 5.75 Å². The fraction of sp³-hybridized carbons (Fsp3) is 0.323. The summed E-state index contributed by atoms with van der Waals surface area (Å²) < 4.78 is 5.32. The van der Waals surface area contributed by atoms with E-state index in [1.165, 1.54) is 38.5 Å². The number of anilines is 1. The van der Waals surface area contributed by atoms with E-state index in [0.717, 1.165) is 57.8 Å². The van der Waals surface area contributed by atoms with E-state index in [0.29, 0.717) is 6.04 Å². The van der Waals surface area contributed by atoms with E-state index in [9.17, 15) is 0 Å². The fourth-order valence-corrected chi connectivity index (χ4v) is 5.88. The Bertz CT molecular complexity index is 1320. The lowest BCUT2D eigenvalue weighted by atomic mass is 9.78. The smallest absolute Gasteiger partial charge is 0.162 e. The lowest BCUT2D eigenvalue weighted by Gasteiger charge is -2.45. The molecule has 36 heavy (non-hydrogen) atoms. The van der Waals surface area contributed by atoms with Crippen LogP contribution in [-0.4, -0.2) is 34.6 Å². The minimum absolute atomic E-state index is 0.586. The second-order valence-corrected chi connectivity index (χ2v) is 9.94. The van der Waals surface area contributed by atoms with Crippen LogP contribution < -0.4 is 9.64 Å². The Morgan fingerprint density at radius 3 is 2.36 bits per heavy atom. The maximum atomic E-state index is 5.32. The number of methoxy groups -OCH3 is 1. The monoisotopic (exact) mass is 476 g/mol. The molecule has 2 aromatic carbocycles. The maximum absolute atomic E-state index is 5.32. The van der Waals surface area contributed by atoms with E-state index in [-0.39, 0.29) is 0 Å². The first kappa shape index (κ1) is 22.7. The second-order valence-electron chi connectivity index (χ2n) is 9.94. The molecule has 4 aromatic rings. The van der Waals surface area contributed by atoms with Crippen molar-refractivity contribution >= 4 is 5.82 Å². The molecular formula is C31H32N4O. The van der Waals surface area contributed by atoms with Gasteiger partial charge in [0, 0.05) is 47.7 Å². The van der Waals surface area contributed by atoms with Gasteiger partial charge in [-0.25, -0.2) is 9.97 Å². The molecule has 1 saturated heterocycles. The number of rotatable bonds is 5. The van der Waals surface area contributed by atoms with E-state index >= 15 is 0 Å². The predicted octanol–water partition coefficient (Wildman–Crippen LogP) is 7.04. The molecule has 182 valence electrons. The summed E-state index contributed by atoms with van der Waals surface area (Å²) in [6.45, 7) is 1.07. The predicted molar refractivity (Wildman–Crippen MR) is 145 cm³/mol. The molecule has 5 heteroatoms. The third-order valence-corrected chi connectivity index (χ3v) is 7.74. The van der Waals surface area contributed by atoms with E-state index in [2.05, 4.69) is 58.4 Å². The molecule has 1 aliphatic heterocycles. The van der Waals surface area contributed by atoms with Crippen molar-refractivity contribution in [3.8, 4) is 39.5 Å². The number of nitrogens with zero attached hydrogens (tertiary/aromatic N) is 4. The van der Waals surface area contributed by atoms with Crippen molar-refractivity contribution in [2.75, 3.05) is 18.6 Å². The molecule has 2 aliphatic rings. The van der Waals surface area contributed by atoms with Gasteiger partial charge in [-0.05, 0) is 55.4 Å². The van der Waals surface area contributed by atoms with Gasteiger partial charge in [0.25, 0.3) is 0 Å². The molecule has 5 nitrogen and oxygen atoms in total. The van der Waals surface area contributed by atoms with Gasteiger partial charge in [0.2, 0.25) is 0 Å². The van der Waals surface area contributed by atoms with Gasteiger partial charge in [0.15, 0.2) is 5.82 Å². The molecule has 1 saturated carbocycles. The topological polar surface area (TPSA) is 51.1 Å². The zero-order chi connectivity index (χ0) is 24.3. The van der Waals surface area contributed by atoms with Crippen LogP contribution in [0.1, 0.15) is 38.5 Å². The van der Waals surface area contributed by atoms with Crippen molar-refractivity contribution in [3.05, 3.63) is 79.1 Å². The standard InChI is InChI=1S/C31H32N4O/c1-36-27-15-13-22(14-16-27)25-18-26(21-32-20-25)28-19-30(34-31(33-28)24-9-3-2-4-10-24)35-17-7-11-23-8-5-6-12-29(23)35/h2-4,9-10,13-16,18-21,23,29H,5-8,11-12,17H2,1H3. The van der Waals surface area contributed by atoms with Crippen molar-refractivity contribution in [2.24, 2.45) is 5.92 Å². The molecule has 0 bridgehead atoms. The summed E-state index contributed by atoms with van der Waals surface area (Å²) in [6.07, 6.45) is 11.7.